The van der Waals surface area contributed by atoms with Crippen LogP contribution in [0.4, 0.5) is 0 Å². The zero-order valence-corrected chi connectivity index (χ0v) is 13.7. The monoisotopic (exact) mass is 304 g/mol. The summed E-state index contributed by atoms with van der Waals surface area (Å²) in [6.45, 7) is 3.98. The van der Waals surface area contributed by atoms with Crippen molar-refractivity contribution < 1.29 is 4.79 Å². The molecule has 2 fully saturated rings. The summed E-state index contributed by atoms with van der Waals surface area (Å²) < 4.78 is 2.13. The Morgan fingerprint density at radius 1 is 1.23 bits per heavy atom. The van der Waals surface area contributed by atoms with E-state index in [0.717, 1.165) is 44.6 Å². The molecule has 1 aliphatic carbocycles. The number of piperidine rings is 1. The van der Waals surface area contributed by atoms with E-state index >= 15 is 0 Å². The molecular weight excluding hydrogens is 276 g/mol. The third-order valence-electron chi connectivity index (χ3n) is 5.17. The van der Waals surface area contributed by atoms with E-state index in [1.807, 2.05) is 6.33 Å². The van der Waals surface area contributed by atoms with Crippen LogP contribution >= 0.6 is 0 Å². The van der Waals surface area contributed by atoms with Crippen molar-refractivity contribution in [2.45, 2.75) is 77.3 Å². The van der Waals surface area contributed by atoms with Gasteiger partial charge in [0.05, 0.1) is 6.04 Å². The summed E-state index contributed by atoms with van der Waals surface area (Å²) in [4.78, 5) is 14.9. The first-order valence-corrected chi connectivity index (χ1v) is 8.96. The van der Waals surface area contributed by atoms with E-state index in [4.69, 9.17) is 0 Å². The zero-order valence-electron chi connectivity index (χ0n) is 13.7. The SMILES string of the molecule is CCCn1cnnc1[C@H]1CCCCN1C(=O)CC1CCCC1. The van der Waals surface area contributed by atoms with Gasteiger partial charge in [0, 0.05) is 19.5 Å². The van der Waals surface area contributed by atoms with E-state index in [-0.39, 0.29) is 6.04 Å². The predicted octanol–water partition coefficient (Wildman–Crippen LogP) is 3.32. The highest BCUT2D eigenvalue weighted by Gasteiger charge is 2.32. The molecule has 1 atom stereocenters. The van der Waals surface area contributed by atoms with E-state index in [1.54, 1.807) is 0 Å². The number of aryl methyl sites for hydroxylation is 1. The van der Waals surface area contributed by atoms with Gasteiger partial charge < -0.3 is 9.47 Å². The minimum Gasteiger partial charge on any atom is -0.332 e. The number of carbonyl (C=O) groups is 1. The molecular formula is C17H28N4O. The normalized spacial score (nSPS) is 23.1. The van der Waals surface area contributed by atoms with Crippen molar-refractivity contribution in [1.82, 2.24) is 19.7 Å². The minimum atomic E-state index is 0.136. The molecule has 3 rings (SSSR count). The molecule has 0 radical (unpaired) electrons. The molecule has 1 amide bonds. The lowest BCUT2D eigenvalue weighted by Crippen LogP contribution is -2.40. The molecule has 1 aromatic rings. The van der Waals surface area contributed by atoms with Gasteiger partial charge in [-0.1, -0.05) is 19.8 Å². The van der Waals surface area contributed by atoms with Crippen molar-refractivity contribution in [3.8, 4) is 0 Å². The molecule has 0 aromatic carbocycles. The summed E-state index contributed by atoms with van der Waals surface area (Å²) in [7, 11) is 0. The van der Waals surface area contributed by atoms with E-state index in [1.165, 1.54) is 32.1 Å². The molecule has 0 spiro atoms. The van der Waals surface area contributed by atoms with Crippen LogP contribution in [0.5, 0.6) is 0 Å². The standard InChI is InChI=1S/C17H28N4O/c1-2-10-20-13-18-19-17(20)15-9-5-6-11-21(15)16(22)12-14-7-3-4-8-14/h13-15H,2-12H2,1H3/t15-/m1/s1. The number of nitrogens with zero attached hydrogens (tertiary/aromatic N) is 4. The van der Waals surface area contributed by atoms with Gasteiger partial charge in [0.25, 0.3) is 0 Å². The van der Waals surface area contributed by atoms with Crippen LogP contribution in [0.3, 0.4) is 0 Å². The highest BCUT2D eigenvalue weighted by molar-refractivity contribution is 5.77. The van der Waals surface area contributed by atoms with Crippen molar-refractivity contribution >= 4 is 5.91 Å². The van der Waals surface area contributed by atoms with Gasteiger partial charge in [-0.3, -0.25) is 4.79 Å². The molecule has 1 aromatic heterocycles. The van der Waals surface area contributed by atoms with Gasteiger partial charge in [-0.15, -0.1) is 10.2 Å². The summed E-state index contributed by atoms with van der Waals surface area (Å²) in [5, 5.41) is 8.43. The molecule has 1 saturated heterocycles. The number of aromatic nitrogens is 3. The van der Waals surface area contributed by atoms with Crippen molar-refractivity contribution in [1.29, 1.82) is 0 Å². The summed E-state index contributed by atoms with van der Waals surface area (Å²) in [6, 6.07) is 0.136. The third-order valence-corrected chi connectivity index (χ3v) is 5.17. The number of hydrogen-bond donors (Lipinski definition) is 0. The first-order chi connectivity index (χ1) is 10.8. The fourth-order valence-electron chi connectivity index (χ4n) is 4.01. The number of carbonyl (C=O) groups excluding carboxylic acids is 1. The number of hydrogen-bond acceptors (Lipinski definition) is 3. The highest BCUT2D eigenvalue weighted by atomic mass is 16.2. The Bertz CT molecular complexity index is 493. The van der Waals surface area contributed by atoms with Crippen molar-refractivity contribution in [2.24, 2.45) is 5.92 Å². The Balaban J connectivity index is 1.72. The molecule has 122 valence electrons. The van der Waals surface area contributed by atoms with E-state index in [0.29, 0.717) is 11.8 Å². The van der Waals surface area contributed by atoms with Gasteiger partial charge in [0.2, 0.25) is 5.91 Å². The molecule has 0 unspecified atom stereocenters. The van der Waals surface area contributed by atoms with Crippen LogP contribution in [0, 0.1) is 5.92 Å². The Hall–Kier alpha value is -1.39. The first-order valence-electron chi connectivity index (χ1n) is 8.96. The van der Waals surface area contributed by atoms with Crippen molar-refractivity contribution in [3.63, 3.8) is 0 Å². The maximum atomic E-state index is 12.8. The molecule has 5 heteroatoms. The fraction of sp³-hybridized carbons (Fsp3) is 0.824. The van der Waals surface area contributed by atoms with Crippen LogP contribution in [-0.2, 0) is 11.3 Å². The summed E-state index contributed by atoms with van der Waals surface area (Å²) in [6.07, 6.45) is 12.0. The number of rotatable bonds is 5. The lowest BCUT2D eigenvalue weighted by molar-refractivity contribution is -0.136. The van der Waals surface area contributed by atoms with Gasteiger partial charge >= 0.3 is 0 Å². The summed E-state index contributed by atoms with van der Waals surface area (Å²) in [5.41, 5.74) is 0. The van der Waals surface area contributed by atoms with Gasteiger partial charge in [-0.2, -0.15) is 0 Å². The fourth-order valence-corrected chi connectivity index (χ4v) is 4.01. The molecule has 0 bridgehead atoms. The summed E-state index contributed by atoms with van der Waals surface area (Å²) >= 11 is 0. The Kier molecular flexibility index (Phi) is 5.11. The average molecular weight is 304 g/mol. The van der Waals surface area contributed by atoms with E-state index in [9.17, 15) is 4.79 Å². The summed E-state index contributed by atoms with van der Waals surface area (Å²) in [5.74, 6) is 1.94. The topological polar surface area (TPSA) is 51.0 Å². The zero-order chi connectivity index (χ0) is 15.4. The molecule has 0 N–H and O–H groups in total. The van der Waals surface area contributed by atoms with Crippen LogP contribution in [0.25, 0.3) is 0 Å². The average Bonchev–Trinajstić information content (AvgIpc) is 3.19. The third kappa shape index (κ3) is 3.33. The van der Waals surface area contributed by atoms with Gasteiger partial charge in [-0.25, -0.2) is 0 Å². The van der Waals surface area contributed by atoms with Crippen LogP contribution in [0.2, 0.25) is 0 Å². The number of amides is 1. The van der Waals surface area contributed by atoms with Crippen LogP contribution in [-0.4, -0.2) is 32.1 Å². The van der Waals surface area contributed by atoms with Gasteiger partial charge in [0.15, 0.2) is 5.82 Å². The second-order valence-electron chi connectivity index (χ2n) is 6.84. The molecule has 5 nitrogen and oxygen atoms in total. The quantitative estimate of drug-likeness (QED) is 0.838. The lowest BCUT2D eigenvalue weighted by Gasteiger charge is -2.35. The Morgan fingerprint density at radius 3 is 2.77 bits per heavy atom. The first kappa shape index (κ1) is 15.5. The number of likely N-dealkylation sites (tertiary alicyclic amines) is 1. The molecule has 2 aliphatic rings. The molecule has 1 aliphatic heterocycles. The second-order valence-corrected chi connectivity index (χ2v) is 6.84. The van der Waals surface area contributed by atoms with Crippen LogP contribution in [0.15, 0.2) is 6.33 Å². The highest BCUT2D eigenvalue weighted by Crippen LogP contribution is 2.33. The van der Waals surface area contributed by atoms with E-state index < -0.39 is 0 Å². The molecule has 2 heterocycles. The van der Waals surface area contributed by atoms with Crippen LogP contribution < -0.4 is 0 Å². The van der Waals surface area contributed by atoms with Gasteiger partial charge in [-0.05, 0) is 44.4 Å². The van der Waals surface area contributed by atoms with E-state index in [2.05, 4.69) is 26.6 Å². The Morgan fingerprint density at radius 2 is 2.00 bits per heavy atom. The maximum Gasteiger partial charge on any atom is 0.223 e. The molecule has 22 heavy (non-hydrogen) atoms. The lowest BCUT2D eigenvalue weighted by atomic mass is 9.98. The Labute approximate surface area is 133 Å². The van der Waals surface area contributed by atoms with Crippen molar-refractivity contribution in [2.75, 3.05) is 6.54 Å². The minimum absolute atomic E-state index is 0.136. The maximum absolute atomic E-state index is 12.8. The van der Waals surface area contributed by atoms with Gasteiger partial charge in [0.1, 0.15) is 6.33 Å². The second kappa shape index (κ2) is 7.25. The predicted molar refractivity (Wildman–Crippen MR) is 85.2 cm³/mol. The largest absolute Gasteiger partial charge is 0.332 e. The molecule has 1 saturated carbocycles. The smallest absolute Gasteiger partial charge is 0.223 e. The van der Waals surface area contributed by atoms with Crippen LogP contribution in [0.1, 0.15) is 76.6 Å². The van der Waals surface area contributed by atoms with Crippen molar-refractivity contribution in [3.05, 3.63) is 12.2 Å².